The summed E-state index contributed by atoms with van der Waals surface area (Å²) in [6, 6.07) is 7.34. The summed E-state index contributed by atoms with van der Waals surface area (Å²) < 4.78 is 2.84. The molecule has 0 bridgehead atoms. The second kappa shape index (κ2) is 8.31. The van der Waals surface area contributed by atoms with Crippen LogP contribution in [0.1, 0.15) is 21.7 Å². The molecule has 0 aliphatic carbocycles. The number of carbonyl (C=O) groups is 1. The smallest absolute Gasteiger partial charge is 0.251 e. The second-order valence-electron chi connectivity index (χ2n) is 6.14. The van der Waals surface area contributed by atoms with Crippen LogP contribution in [-0.2, 0) is 0 Å². The van der Waals surface area contributed by atoms with Crippen LogP contribution in [0, 0.1) is 19.8 Å². The normalized spacial score (nSPS) is 19.5. The zero-order valence-electron chi connectivity index (χ0n) is 14.1. The van der Waals surface area contributed by atoms with Gasteiger partial charge in [0.25, 0.3) is 5.91 Å². The van der Waals surface area contributed by atoms with E-state index in [1.165, 1.54) is 0 Å². The highest BCUT2D eigenvalue weighted by Crippen LogP contribution is 2.23. The fraction of sp³-hybridized carbons (Fsp3) is 0.412. The fourth-order valence-corrected chi connectivity index (χ4v) is 3.13. The number of aliphatic hydroxyl groups is 1. The minimum Gasteiger partial charge on any atom is -0.391 e. The highest BCUT2D eigenvalue weighted by atomic mass is 79.9. The summed E-state index contributed by atoms with van der Waals surface area (Å²) in [6.45, 7) is 5.73. The molecule has 2 atom stereocenters. The van der Waals surface area contributed by atoms with Crippen LogP contribution in [0.15, 0.2) is 28.7 Å². The maximum Gasteiger partial charge on any atom is 0.251 e. The van der Waals surface area contributed by atoms with Crippen LogP contribution < -0.4 is 10.6 Å². The number of benzene rings is 1. The standard InChI is InChI=1S/C17H21BrN4O2.ClH/c1-10-16(18)11(2)22(21-10)14-5-3-12(4-6-14)17(24)20-8-13-7-19-9-15(13)23;/h3-6,13,15,19,23H,7-9H2,1-2H3,(H,20,24);1H. The van der Waals surface area contributed by atoms with Crippen molar-refractivity contribution in [1.29, 1.82) is 0 Å². The van der Waals surface area contributed by atoms with Crippen LogP contribution in [0.2, 0.25) is 0 Å². The van der Waals surface area contributed by atoms with Gasteiger partial charge in [-0.25, -0.2) is 4.68 Å². The van der Waals surface area contributed by atoms with Crippen LogP contribution >= 0.6 is 28.3 Å². The lowest BCUT2D eigenvalue weighted by Crippen LogP contribution is -2.34. The predicted molar refractivity (Wildman–Crippen MR) is 103 cm³/mol. The molecule has 0 radical (unpaired) electrons. The van der Waals surface area contributed by atoms with Crippen LogP contribution in [-0.4, -0.2) is 46.5 Å². The molecule has 1 aliphatic rings. The van der Waals surface area contributed by atoms with E-state index in [0.29, 0.717) is 18.7 Å². The van der Waals surface area contributed by atoms with Gasteiger partial charge in [0, 0.05) is 31.1 Å². The van der Waals surface area contributed by atoms with Crippen LogP contribution in [0.5, 0.6) is 0 Å². The molecule has 2 heterocycles. The Morgan fingerprint density at radius 3 is 2.56 bits per heavy atom. The van der Waals surface area contributed by atoms with E-state index in [2.05, 4.69) is 31.7 Å². The average Bonchev–Trinajstić information content (AvgIpc) is 3.11. The van der Waals surface area contributed by atoms with Gasteiger partial charge in [-0.3, -0.25) is 4.79 Å². The van der Waals surface area contributed by atoms with Crippen molar-refractivity contribution in [3.8, 4) is 5.69 Å². The first-order valence-electron chi connectivity index (χ1n) is 7.96. The summed E-state index contributed by atoms with van der Waals surface area (Å²) in [5.41, 5.74) is 3.46. The predicted octanol–water partition coefficient (Wildman–Crippen LogP) is 1.98. The van der Waals surface area contributed by atoms with Crippen molar-refractivity contribution in [2.75, 3.05) is 19.6 Å². The van der Waals surface area contributed by atoms with E-state index in [-0.39, 0.29) is 24.2 Å². The van der Waals surface area contributed by atoms with Crippen molar-refractivity contribution in [1.82, 2.24) is 20.4 Å². The summed E-state index contributed by atoms with van der Waals surface area (Å²) in [5.74, 6) is -0.0597. The Hall–Kier alpha value is -1.41. The summed E-state index contributed by atoms with van der Waals surface area (Å²) >= 11 is 3.52. The molecule has 1 aromatic heterocycles. The van der Waals surface area contributed by atoms with E-state index in [0.717, 1.165) is 28.1 Å². The SMILES string of the molecule is Cc1nn(-c2ccc(C(=O)NCC3CNCC3O)cc2)c(C)c1Br.Cl. The van der Waals surface area contributed by atoms with E-state index in [4.69, 9.17) is 0 Å². The number of carbonyl (C=O) groups excluding carboxylic acids is 1. The second-order valence-corrected chi connectivity index (χ2v) is 6.93. The molecule has 1 aromatic carbocycles. The molecule has 25 heavy (non-hydrogen) atoms. The maximum absolute atomic E-state index is 12.2. The number of aliphatic hydroxyl groups excluding tert-OH is 1. The Bertz CT molecular complexity index is 748. The quantitative estimate of drug-likeness (QED) is 0.694. The lowest BCUT2D eigenvalue weighted by Gasteiger charge is -2.14. The number of rotatable bonds is 4. The Morgan fingerprint density at radius 2 is 2.04 bits per heavy atom. The zero-order chi connectivity index (χ0) is 17.3. The molecule has 3 N–H and O–H groups in total. The molecule has 0 spiro atoms. The van der Waals surface area contributed by atoms with Gasteiger partial charge in [-0.1, -0.05) is 0 Å². The number of aryl methyl sites for hydroxylation is 1. The fourth-order valence-electron chi connectivity index (χ4n) is 2.88. The number of nitrogens with one attached hydrogen (secondary N) is 2. The number of aromatic nitrogens is 2. The highest BCUT2D eigenvalue weighted by Gasteiger charge is 2.25. The summed E-state index contributed by atoms with van der Waals surface area (Å²) in [4.78, 5) is 12.2. The first-order chi connectivity index (χ1) is 11.5. The Balaban J connectivity index is 0.00000225. The molecule has 0 saturated carbocycles. The topological polar surface area (TPSA) is 79.2 Å². The van der Waals surface area contributed by atoms with E-state index in [1.807, 2.05) is 30.7 Å². The Labute approximate surface area is 161 Å². The van der Waals surface area contributed by atoms with Crippen LogP contribution in [0.3, 0.4) is 0 Å². The zero-order valence-corrected chi connectivity index (χ0v) is 16.5. The van der Waals surface area contributed by atoms with Gasteiger partial charge in [-0.05, 0) is 54.0 Å². The molecule has 6 nitrogen and oxygen atoms in total. The summed E-state index contributed by atoms with van der Waals surface area (Å²) in [7, 11) is 0. The molecule has 1 aliphatic heterocycles. The number of nitrogens with zero attached hydrogens (tertiary/aromatic N) is 2. The van der Waals surface area contributed by atoms with Gasteiger partial charge in [0.05, 0.1) is 27.7 Å². The monoisotopic (exact) mass is 428 g/mol. The third kappa shape index (κ3) is 4.23. The minimum atomic E-state index is -0.392. The number of hydrogen-bond acceptors (Lipinski definition) is 4. The number of hydrogen-bond donors (Lipinski definition) is 3. The maximum atomic E-state index is 12.2. The summed E-state index contributed by atoms with van der Waals surface area (Å²) in [6.07, 6.45) is -0.392. The van der Waals surface area contributed by atoms with E-state index in [1.54, 1.807) is 12.1 Å². The van der Waals surface area contributed by atoms with Gasteiger partial charge in [-0.15, -0.1) is 12.4 Å². The van der Waals surface area contributed by atoms with Crippen molar-refractivity contribution in [2.24, 2.45) is 5.92 Å². The van der Waals surface area contributed by atoms with Crippen LogP contribution in [0.4, 0.5) is 0 Å². The first-order valence-corrected chi connectivity index (χ1v) is 8.76. The van der Waals surface area contributed by atoms with Gasteiger partial charge in [-0.2, -0.15) is 5.10 Å². The summed E-state index contributed by atoms with van der Waals surface area (Å²) in [5, 5.41) is 20.2. The third-order valence-corrected chi connectivity index (χ3v) is 5.55. The van der Waals surface area contributed by atoms with Gasteiger partial charge in [0.15, 0.2) is 0 Å². The molecule has 8 heteroatoms. The van der Waals surface area contributed by atoms with E-state index in [9.17, 15) is 9.90 Å². The molecule has 2 unspecified atom stereocenters. The average molecular weight is 430 g/mol. The van der Waals surface area contributed by atoms with Gasteiger partial charge in [0.1, 0.15) is 0 Å². The van der Waals surface area contributed by atoms with Crippen molar-refractivity contribution < 1.29 is 9.90 Å². The molecule has 1 amide bonds. The number of halogens is 2. The number of β-amino-alcohol motifs (C(OH)–C–C–N with tert-alkyl or cyclic N) is 1. The Kier molecular flexibility index (Phi) is 6.62. The molecular formula is C17H22BrClN4O2. The largest absolute Gasteiger partial charge is 0.391 e. The molecule has 3 rings (SSSR count). The van der Waals surface area contributed by atoms with E-state index < -0.39 is 6.10 Å². The van der Waals surface area contributed by atoms with Gasteiger partial charge >= 0.3 is 0 Å². The van der Waals surface area contributed by atoms with Gasteiger partial charge < -0.3 is 15.7 Å². The van der Waals surface area contributed by atoms with Crippen LogP contribution in [0.25, 0.3) is 5.69 Å². The molecule has 136 valence electrons. The van der Waals surface area contributed by atoms with Crippen molar-refractivity contribution >= 4 is 34.2 Å². The molecular weight excluding hydrogens is 408 g/mol. The lowest BCUT2D eigenvalue weighted by molar-refractivity contribution is 0.0927. The first kappa shape index (κ1) is 19.9. The van der Waals surface area contributed by atoms with Crippen molar-refractivity contribution in [3.63, 3.8) is 0 Å². The number of amides is 1. The lowest BCUT2D eigenvalue weighted by atomic mass is 10.1. The molecule has 2 aromatic rings. The third-order valence-electron chi connectivity index (χ3n) is 4.41. The van der Waals surface area contributed by atoms with Crippen molar-refractivity contribution in [2.45, 2.75) is 20.0 Å². The van der Waals surface area contributed by atoms with E-state index >= 15 is 0 Å². The molecule has 1 saturated heterocycles. The minimum absolute atomic E-state index is 0. The Morgan fingerprint density at radius 1 is 1.36 bits per heavy atom. The molecule has 1 fully saturated rings. The van der Waals surface area contributed by atoms with Gasteiger partial charge in [0.2, 0.25) is 0 Å². The highest BCUT2D eigenvalue weighted by molar-refractivity contribution is 9.10. The van der Waals surface area contributed by atoms with Crippen molar-refractivity contribution in [3.05, 3.63) is 45.7 Å².